The van der Waals surface area contributed by atoms with Gasteiger partial charge in [-0.1, -0.05) is 25.4 Å². The average molecular weight is 277 g/mol. The third-order valence-corrected chi connectivity index (χ3v) is 2.75. The van der Waals surface area contributed by atoms with Gasteiger partial charge in [0.2, 0.25) is 0 Å². The zero-order chi connectivity index (χ0) is 13.7. The van der Waals surface area contributed by atoms with Gasteiger partial charge in [-0.15, -0.1) is 0 Å². The number of halogens is 1. The lowest BCUT2D eigenvalue weighted by molar-refractivity contribution is 0.621. The van der Waals surface area contributed by atoms with Gasteiger partial charge >= 0.3 is 0 Å². The van der Waals surface area contributed by atoms with E-state index in [1.807, 2.05) is 12.1 Å². The van der Waals surface area contributed by atoms with E-state index >= 15 is 0 Å². The summed E-state index contributed by atoms with van der Waals surface area (Å²) in [6, 6.07) is 5.67. The third kappa shape index (κ3) is 4.48. The fraction of sp³-hybridized carbons (Fsp3) is 0.357. The zero-order valence-electron chi connectivity index (χ0n) is 11.1. The Labute approximate surface area is 118 Å². The molecular formula is C14H17ClN4. The number of nitrogens with one attached hydrogen (secondary N) is 1. The standard InChI is InChI=1S/C14H17ClN4/c1-10(2)7-14-18-12(15)8-13(19-14)17-9-11-3-5-16-6-4-11/h3-6,8,10H,7,9H2,1-2H3,(H,17,18,19). The van der Waals surface area contributed by atoms with Gasteiger partial charge in [-0.05, 0) is 23.6 Å². The number of pyridine rings is 1. The summed E-state index contributed by atoms with van der Waals surface area (Å²) in [7, 11) is 0. The maximum atomic E-state index is 6.01. The molecule has 0 bridgehead atoms. The third-order valence-electron chi connectivity index (χ3n) is 2.56. The molecule has 0 radical (unpaired) electrons. The Balaban J connectivity index is 2.05. The topological polar surface area (TPSA) is 50.7 Å². The molecule has 0 aliphatic rings. The largest absolute Gasteiger partial charge is 0.366 e. The summed E-state index contributed by atoms with van der Waals surface area (Å²) < 4.78 is 0. The molecule has 5 heteroatoms. The van der Waals surface area contributed by atoms with Crippen molar-refractivity contribution in [3.05, 3.63) is 47.1 Å². The smallest absolute Gasteiger partial charge is 0.134 e. The van der Waals surface area contributed by atoms with E-state index in [0.29, 0.717) is 17.6 Å². The predicted octanol–water partition coefficient (Wildman–Crippen LogP) is 3.34. The van der Waals surface area contributed by atoms with Crippen LogP contribution in [0.3, 0.4) is 0 Å². The number of hydrogen-bond donors (Lipinski definition) is 1. The van der Waals surface area contributed by atoms with Crippen LogP contribution in [0.4, 0.5) is 5.82 Å². The quantitative estimate of drug-likeness (QED) is 0.851. The molecule has 2 heterocycles. The first-order valence-corrected chi connectivity index (χ1v) is 6.67. The van der Waals surface area contributed by atoms with Crippen LogP contribution in [-0.4, -0.2) is 15.0 Å². The second kappa shape index (κ2) is 6.48. The first-order chi connectivity index (χ1) is 9.13. The predicted molar refractivity (Wildman–Crippen MR) is 77.1 cm³/mol. The van der Waals surface area contributed by atoms with Crippen molar-refractivity contribution in [2.75, 3.05) is 5.32 Å². The van der Waals surface area contributed by atoms with Crippen LogP contribution in [-0.2, 0) is 13.0 Å². The van der Waals surface area contributed by atoms with Gasteiger partial charge in [0, 0.05) is 31.4 Å². The van der Waals surface area contributed by atoms with Gasteiger partial charge in [0.05, 0.1) is 0 Å². The minimum absolute atomic E-state index is 0.475. The number of nitrogens with zero attached hydrogens (tertiary/aromatic N) is 3. The van der Waals surface area contributed by atoms with Crippen LogP contribution in [0.2, 0.25) is 5.15 Å². The first kappa shape index (κ1) is 13.7. The summed E-state index contributed by atoms with van der Waals surface area (Å²) in [5, 5.41) is 3.73. The van der Waals surface area contributed by atoms with Gasteiger partial charge in [-0.2, -0.15) is 0 Å². The molecule has 0 amide bonds. The maximum Gasteiger partial charge on any atom is 0.134 e. The Morgan fingerprint density at radius 1 is 1.21 bits per heavy atom. The second-order valence-electron chi connectivity index (χ2n) is 4.80. The maximum absolute atomic E-state index is 6.01. The molecule has 100 valence electrons. The summed E-state index contributed by atoms with van der Waals surface area (Å²) in [5.74, 6) is 2.04. The molecule has 2 rings (SSSR count). The summed E-state index contributed by atoms with van der Waals surface area (Å²) in [4.78, 5) is 12.7. The van der Waals surface area contributed by atoms with E-state index in [1.165, 1.54) is 0 Å². The highest BCUT2D eigenvalue weighted by molar-refractivity contribution is 6.29. The molecule has 0 spiro atoms. The Morgan fingerprint density at radius 3 is 2.63 bits per heavy atom. The van der Waals surface area contributed by atoms with E-state index in [9.17, 15) is 0 Å². The highest BCUT2D eigenvalue weighted by atomic mass is 35.5. The molecule has 0 aliphatic carbocycles. The van der Waals surface area contributed by atoms with Crippen LogP contribution in [0.25, 0.3) is 0 Å². The minimum atomic E-state index is 0.475. The Bertz CT molecular complexity index is 528. The molecule has 0 aromatic carbocycles. The summed E-state index contributed by atoms with van der Waals surface area (Å²) in [6.45, 7) is 4.96. The lowest BCUT2D eigenvalue weighted by Gasteiger charge is -2.09. The van der Waals surface area contributed by atoms with Gasteiger partial charge in [0.15, 0.2) is 0 Å². The monoisotopic (exact) mass is 276 g/mol. The van der Waals surface area contributed by atoms with E-state index in [-0.39, 0.29) is 0 Å². The highest BCUT2D eigenvalue weighted by Crippen LogP contribution is 2.14. The number of aromatic nitrogens is 3. The van der Waals surface area contributed by atoms with E-state index in [4.69, 9.17) is 11.6 Å². The molecule has 4 nitrogen and oxygen atoms in total. The van der Waals surface area contributed by atoms with Crippen molar-refractivity contribution < 1.29 is 0 Å². The number of anilines is 1. The van der Waals surface area contributed by atoms with Crippen LogP contribution in [0.15, 0.2) is 30.6 Å². The second-order valence-corrected chi connectivity index (χ2v) is 5.19. The summed E-state index contributed by atoms with van der Waals surface area (Å²) in [6.07, 6.45) is 4.37. The first-order valence-electron chi connectivity index (χ1n) is 6.29. The molecule has 2 aromatic heterocycles. The lowest BCUT2D eigenvalue weighted by Crippen LogP contribution is -2.06. The van der Waals surface area contributed by atoms with Crippen LogP contribution in [0.5, 0.6) is 0 Å². The molecule has 19 heavy (non-hydrogen) atoms. The Hall–Kier alpha value is -1.68. The van der Waals surface area contributed by atoms with Crippen molar-refractivity contribution in [3.63, 3.8) is 0 Å². The summed E-state index contributed by atoms with van der Waals surface area (Å²) in [5.41, 5.74) is 1.15. The van der Waals surface area contributed by atoms with Crippen molar-refractivity contribution in [1.82, 2.24) is 15.0 Å². The normalized spacial score (nSPS) is 10.7. The van der Waals surface area contributed by atoms with E-state index < -0.39 is 0 Å². The molecule has 0 unspecified atom stereocenters. The minimum Gasteiger partial charge on any atom is -0.366 e. The average Bonchev–Trinajstić information content (AvgIpc) is 2.36. The molecule has 0 saturated carbocycles. The van der Waals surface area contributed by atoms with Crippen molar-refractivity contribution in [2.24, 2.45) is 5.92 Å². The van der Waals surface area contributed by atoms with Crippen molar-refractivity contribution in [1.29, 1.82) is 0 Å². The number of rotatable bonds is 5. The van der Waals surface area contributed by atoms with Gasteiger partial charge < -0.3 is 5.32 Å². The van der Waals surface area contributed by atoms with E-state index in [2.05, 4.69) is 34.1 Å². The Morgan fingerprint density at radius 2 is 1.95 bits per heavy atom. The molecule has 0 fully saturated rings. The Kier molecular flexibility index (Phi) is 4.68. The van der Waals surface area contributed by atoms with Crippen LogP contribution < -0.4 is 5.32 Å². The molecule has 0 atom stereocenters. The van der Waals surface area contributed by atoms with Gasteiger partial charge in [0.1, 0.15) is 16.8 Å². The van der Waals surface area contributed by atoms with Crippen molar-refractivity contribution in [2.45, 2.75) is 26.8 Å². The van der Waals surface area contributed by atoms with Crippen molar-refractivity contribution in [3.8, 4) is 0 Å². The van der Waals surface area contributed by atoms with Crippen LogP contribution in [0, 0.1) is 5.92 Å². The number of hydrogen-bond acceptors (Lipinski definition) is 4. The van der Waals surface area contributed by atoms with E-state index in [0.717, 1.165) is 23.6 Å². The fourth-order valence-electron chi connectivity index (χ4n) is 1.70. The molecule has 1 N–H and O–H groups in total. The fourth-order valence-corrected chi connectivity index (χ4v) is 1.91. The van der Waals surface area contributed by atoms with Crippen molar-refractivity contribution >= 4 is 17.4 Å². The molecule has 0 aliphatic heterocycles. The SMILES string of the molecule is CC(C)Cc1nc(Cl)cc(NCc2ccncc2)n1. The lowest BCUT2D eigenvalue weighted by atomic mass is 10.1. The van der Waals surface area contributed by atoms with Crippen LogP contribution >= 0.6 is 11.6 Å². The summed E-state index contributed by atoms with van der Waals surface area (Å²) >= 11 is 6.01. The van der Waals surface area contributed by atoms with Gasteiger partial charge in [0.25, 0.3) is 0 Å². The van der Waals surface area contributed by atoms with Gasteiger partial charge in [-0.25, -0.2) is 9.97 Å². The zero-order valence-corrected chi connectivity index (χ0v) is 11.9. The van der Waals surface area contributed by atoms with E-state index in [1.54, 1.807) is 18.5 Å². The molecular weight excluding hydrogens is 260 g/mol. The molecule has 2 aromatic rings. The van der Waals surface area contributed by atoms with Gasteiger partial charge in [-0.3, -0.25) is 4.98 Å². The molecule has 0 saturated heterocycles. The highest BCUT2D eigenvalue weighted by Gasteiger charge is 2.05. The van der Waals surface area contributed by atoms with Crippen LogP contribution in [0.1, 0.15) is 25.2 Å².